The van der Waals surface area contributed by atoms with Gasteiger partial charge in [0.25, 0.3) is 0 Å². The minimum Gasteiger partial charge on any atom is -0.490 e. The molecule has 1 fully saturated rings. The third-order valence-corrected chi connectivity index (χ3v) is 3.94. The van der Waals surface area contributed by atoms with Crippen LogP contribution in [0, 0.1) is 0 Å². The fourth-order valence-corrected chi connectivity index (χ4v) is 3.19. The molecule has 0 saturated carbocycles. The Bertz CT molecular complexity index is 426. The first kappa shape index (κ1) is 11.4. The molecule has 92 valence electrons. The molecule has 1 N–H and O–H groups in total. The molecular formula is C14H18ClNO. The van der Waals surface area contributed by atoms with Gasteiger partial charge in [-0.15, -0.1) is 0 Å². The number of ether oxygens (including phenoxy) is 1. The maximum Gasteiger partial charge on any atom is 0.126 e. The molecule has 0 aliphatic carbocycles. The van der Waals surface area contributed by atoms with E-state index in [4.69, 9.17) is 16.3 Å². The average molecular weight is 252 g/mol. The van der Waals surface area contributed by atoms with Crippen molar-refractivity contribution in [2.24, 2.45) is 0 Å². The van der Waals surface area contributed by atoms with Crippen LogP contribution in [0.15, 0.2) is 12.1 Å². The predicted molar refractivity (Wildman–Crippen MR) is 70.1 cm³/mol. The number of nitrogens with one attached hydrogen (secondary N) is 1. The standard InChI is InChI=1S/C14H18ClNO/c1-9-5-11-6-12(15)7-13(14(11)17-9)10-3-2-4-16-8-10/h6-7,9-10,16H,2-5,8H2,1H3. The summed E-state index contributed by atoms with van der Waals surface area (Å²) in [5.74, 6) is 1.66. The summed E-state index contributed by atoms with van der Waals surface area (Å²) in [5.41, 5.74) is 2.59. The summed E-state index contributed by atoms with van der Waals surface area (Å²) >= 11 is 6.22. The van der Waals surface area contributed by atoms with Crippen molar-refractivity contribution in [3.8, 4) is 5.75 Å². The lowest BCUT2D eigenvalue weighted by Gasteiger charge is -2.25. The van der Waals surface area contributed by atoms with Crippen LogP contribution in [0.3, 0.4) is 0 Å². The molecule has 0 spiro atoms. The molecule has 0 radical (unpaired) electrons. The highest BCUT2D eigenvalue weighted by Crippen LogP contribution is 2.40. The van der Waals surface area contributed by atoms with E-state index in [1.165, 1.54) is 24.0 Å². The molecule has 0 aromatic heterocycles. The molecular weight excluding hydrogens is 234 g/mol. The summed E-state index contributed by atoms with van der Waals surface area (Å²) in [6, 6.07) is 4.15. The van der Waals surface area contributed by atoms with Crippen molar-refractivity contribution in [3.63, 3.8) is 0 Å². The Morgan fingerprint density at radius 3 is 3.06 bits per heavy atom. The maximum atomic E-state index is 6.22. The normalized spacial score (nSPS) is 27.6. The highest BCUT2D eigenvalue weighted by molar-refractivity contribution is 6.30. The van der Waals surface area contributed by atoms with Crippen LogP contribution in [0.25, 0.3) is 0 Å². The SMILES string of the molecule is CC1Cc2cc(Cl)cc(C3CCCNC3)c2O1. The van der Waals surface area contributed by atoms with Gasteiger partial charge < -0.3 is 10.1 Å². The van der Waals surface area contributed by atoms with Crippen molar-refractivity contribution < 1.29 is 4.74 Å². The van der Waals surface area contributed by atoms with Gasteiger partial charge in [-0.1, -0.05) is 11.6 Å². The van der Waals surface area contributed by atoms with Crippen molar-refractivity contribution in [3.05, 3.63) is 28.3 Å². The number of benzene rings is 1. The molecule has 0 amide bonds. The Hall–Kier alpha value is -0.730. The molecule has 1 aromatic rings. The zero-order chi connectivity index (χ0) is 11.8. The summed E-state index contributed by atoms with van der Waals surface area (Å²) in [5, 5.41) is 4.31. The van der Waals surface area contributed by atoms with Gasteiger partial charge >= 0.3 is 0 Å². The molecule has 3 heteroatoms. The number of halogens is 1. The van der Waals surface area contributed by atoms with E-state index in [-0.39, 0.29) is 0 Å². The van der Waals surface area contributed by atoms with E-state index in [1.54, 1.807) is 0 Å². The number of hydrogen-bond donors (Lipinski definition) is 1. The minimum absolute atomic E-state index is 0.291. The average Bonchev–Trinajstić information content (AvgIpc) is 2.69. The molecule has 3 rings (SSSR count). The van der Waals surface area contributed by atoms with Gasteiger partial charge in [0.05, 0.1) is 0 Å². The monoisotopic (exact) mass is 251 g/mol. The smallest absolute Gasteiger partial charge is 0.126 e. The van der Waals surface area contributed by atoms with E-state index < -0.39 is 0 Å². The topological polar surface area (TPSA) is 21.3 Å². The van der Waals surface area contributed by atoms with Gasteiger partial charge in [0.1, 0.15) is 11.9 Å². The van der Waals surface area contributed by atoms with Crippen molar-refractivity contribution in [2.45, 2.75) is 38.2 Å². The summed E-state index contributed by atoms with van der Waals surface area (Å²) < 4.78 is 5.96. The summed E-state index contributed by atoms with van der Waals surface area (Å²) in [4.78, 5) is 0. The fourth-order valence-electron chi connectivity index (χ4n) is 2.94. The lowest BCUT2D eigenvalue weighted by molar-refractivity contribution is 0.250. The molecule has 2 heterocycles. The number of fused-ring (bicyclic) bond motifs is 1. The Balaban J connectivity index is 1.98. The van der Waals surface area contributed by atoms with Gasteiger partial charge in [-0.05, 0) is 44.0 Å². The summed E-state index contributed by atoms with van der Waals surface area (Å²) in [6.07, 6.45) is 3.75. The molecule has 0 bridgehead atoms. The Labute approximate surface area is 107 Å². The van der Waals surface area contributed by atoms with Crippen molar-refractivity contribution in [2.75, 3.05) is 13.1 Å². The van der Waals surface area contributed by atoms with Crippen LogP contribution in [0.5, 0.6) is 5.75 Å². The first-order valence-corrected chi connectivity index (χ1v) is 6.81. The second-order valence-electron chi connectivity index (χ2n) is 5.16. The van der Waals surface area contributed by atoms with Crippen LogP contribution >= 0.6 is 11.6 Å². The quantitative estimate of drug-likeness (QED) is 0.828. The van der Waals surface area contributed by atoms with E-state index >= 15 is 0 Å². The third kappa shape index (κ3) is 2.16. The lowest BCUT2D eigenvalue weighted by atomic mass is 9.89. The van der Waals surface area contributed by atoms with Gasteiger partial charge in [0, 0.05) is 29.5 Å². The van der Waals surface area contributed by atoms with E-state index in [9.17, 15) is 0 Å². The Kier molecular flexibility index (Phi) is 3.01. The van der Waals surface area contributed by atoms with E-state index in [2.05, 4.69) is 24.4 Å². The molecule has 1 saturated heterocycles. The van der Waals surface area contributed by atoms with Crippen molar-refractivity contribution in [1.82, 2.24) is 5.32 Å². The number of piperidine rings is 1. The number of rotatable bonds is 1. The summed E-state index contributed by atoms with van der Waals surface area (Å²) in [6.45, 7) is 4.30. The second-order valence-corrected chi connectivity index (χ2v) is 5.60. The number of hydrogen-bond acceptors (Lipinski definition) is 2. The van der Waals surface area contributed by atoms with Gasteiger partial charge in [-0.3, -0.25) is 0 Å². The molecule has 2 aliphatic heterocycles. The van der Waals surface area contributed by atoms with E-state index in [0.717, 1.165) is 30.3 Å². The van der Waals surface area contributed by atoms with Crippen LogP contribution in [0.4, 0.5) is 0 Å². The Morgan fingerprint density at radius 2 is 2.29 bits per heavy atom. The highest BCUT2D eigenvalue weighted by atomic mass is 35.5. The molecule has 2 unspecified atom stereocenters. The molecule has 2 aliphatic rings. The van der Waals surface area contributed by atoms with Crippen LogP contribution in [-0.2, 0) is 6.42 Å². The van der Waals surface area contributed by atoms with E-state index in [0.29, 0.717) is 12.0 Å². The van der Waals surface area contributed by atoms with Crippen molar-refractivity contribution in [1.29, 1.82) is 0 Å². The van der Waals surface area contributed by atoms with Crippen LogP contribution in [0.2, 0.25) is 5.02 Å². The van der Waals surface area contributed by atoms with Crippen LogP contribution in [-0.4, -0.2) is 19.2 Å². The zero-order valence-corrected chi connectivity index (χ0v) is 10.9. The maximum absolute atomic E-state index is 6.22. The molecule has 17 heavy (non-hydrogen) atoms. The van der Waals surface area contributed by atoms with Gasteiger partial charge in [0.2, 0.25) is 0 Å². The minimum atomic E-state index is 0.291. The van der Waals surface area contributed by atoms with Crippen molar-refractivity contribution >= 4 is 11.6 Å². The summed E-state index contributed by atoms with van der Waals surface area (Å²) in [7, 11) is 0. The molecule has 1 aromatic carbocycles. The largest absolute Gasteiger partial charge is 0.490 e. The second kappa shape index (κ2) is 4.51. The predicted octanol–water partition coefficient (Wildman–Crippen LogP) is 3.13. The third-order valence-electron chi connectivity index (χ3n) is 3.72. The fraction of sp³-hybridized carbons (Fsp3) is 0.571. The van der Waals surface area contributed by atoms with Crippen LogP contribution < -0.4 is 10.1 Å². The highest BCUT2D eigenvalue weighted by Gasteiger charge is 2.27. The molecule has 2 atom stereocenters. The van der Waals surface area contributed by atoms with E-state index in [1.807, 2.05) is 0 Å². The van der Waals surface area contributed by atoms with Gasteiger partial charge in [0.15, 0.2) is 0 Å². The molecule has 2 nitrogen and oxygen atoms in total. The first-order chi connectivity index (χ1) is 8.24. The zero-order valence-electron chi connectivity index (χ0n) is 10.1. The lowest BCUT2D eigenvalue weighted by Crippen LogP contribution is -2.28. The Morgan fingerprint density at radius 1 is 1.41 bits per heavy atom. The first-order valence-electron chi connectivity index (χ1n) is 6.43. The van der Waals surface area contributed by atoms with Gasteiger partial charge in [-0.2, -0.15) is 0 Å². The van der Waals surface area contributed by atoms with Gasteiger partial charge in [-0.25, -0.2) is 0 Å². The van der Waals surface area contributed by atoms with Crippen LogP contribution in [0.1, 0.15) is 36.8 Å².